The Morgan fingerprint density at radius 2 is 1.04 bits per heavy atom. The third kappa shape index (κ3) is 5.24. The minimum Gasteiger partial charge on any atom is -0.456 e. The van der Waals surface area contributed by atoms with Crippen LogP contribution in [-0.4, -0.2) is 9.97 Å². The predicted octanol–water partition coefficient (Wildman–Crippen LogP) is 13.9. The van der Waals surface area contributed by atoms with Gasteiger partial charge < -0.3 is 13.7 Å². The highest BCUT2D eigenvalue weighted by molar-refractivity contribution is 6.14. The van der Waals surface area contributed by atoms with Gasteiger partial charge in [-0.2, -0.15) is 0 Å². The molecular formula is C50H31N3O2. The molecule has 0 saturated heterocycles. The highest BCUT2D eigenvalue weighted by atomic mass is 16.3. The number of aromatic nitrogens is 2. The van der Waals surface area contributed by atoms with Crippen LogP contribution in [0.25, 0.3) is 88.6 Å². The number of hydrogen-bond donors (Lipinski definition) is 0. The lowest BCUT2D eigenvalue weighted by molar-refractivity contribution is 0.667. The minimum absolute atomic E-state index is 0.589. The van der Waals surface area contributed by atoms with Gasteiger partial charge in [-0.25, -0.2) is 9.97 Å². The summed E-state index contributed by atoms with van der Waals surface area (Å²) in [5, 5.41) is 5.25. The Morgan fingerprint density at radius 1 is 0.400 bits per heavy atom. The van der Waals surface area contributed by atoms with E-state index in [0.29, 0.717) is 11.4 Å². The van der Waals surface area contributed by atoms with Crippen molar-refractivity contribution < 1.29 is 8.83 Å². The summed E-state index contributed by atoms with van der Waals surface area (Å²) in [5.41, 5.74) is 11.6. The Kier molecular flexibility index (Phi) is 7.10. The highest BCUT2D eigenvalue weighted by Crippen LogP contribution is 2.45. The maximum absolute atomic E-state index is 6.66. The summed E-state index contributed by atoms with van der Waals surface area (Å²) in [5.74, 6) is 0.589. The molecule has 0 amide bonds. The average molecular weight is 706 g/mol. The van der Waals surface area contributed by atoms with Crippen molar-refractivity contribution in [3.8, 4) is 33.8 Å². The molecule has 0 N–H and O–H groups in total. The third-order valence-electron chi connectivity index (χ3n) is 10.5. The summed E-state index contributed by atoms with van der Waals surface area (Å²) in [7, 11) is 0. The van der Waals surface area contributed by atoms with Gasteiger partial charge in [0.15, 0.2) is 11.4 Å². The Hall–Kier alpha value is -7.50. The summed E-state index contributed by atoms with van der Waals surface area (Å²) < 4.78 is 13.2. The molecule has 5 nitrogen and oxygen atoms in total. The summed E-state index contributed by atoms with van der Waals surface area (Å²) in [4.78, 5) is 13.0. The van der Waals surface area contributed by atoms with Crippen molar-refractivity contribution in [2.45, 2.75) is 0 Å². The van der Waals surface area contributed by atoms with Gasteiger partial charge in [-0.05, 0) is 70.4 Å². The summed E-state index contributed by atoms with van der Waals surface area (Å²) in [6.07, 6.45) is 0. The fraction of sp³-hybridized carbons (Fsp3) is 0. The zero-order chi connectivity index (χ0) is 36.3. The molecule has 11 rings (SSSR count). The molecule has 0 unspecified atom stereocenters. The number of nitrogens with zero attached hydrogens (tertiary/aromatic N) is 3. The van der Waals surface area contributed by atoms with E-state index in [4.69, 9.17) is 18.8 Å². The molecule has 0 aliphatic heterocycles. The molecular weight excluding hydrogens is 675 g/mol. The van der Waals surface area contributed by atoms with E-state index in [0.717, 1.165) is 88.8 Å². The maximum Gasteiger partial charge on any atom is 0.180 e. The van der Waals surface area contributed by atoms with Gasteiger partial charge in [-0.15, -0.1) is 0 Å². The maximum atomic E-state index is 6.66. The summed E-state index contributed by atoms with van der Waals surface area (Å²) in [6, 6.07) is 65.0. The molecule has 0 fully saturated rings. The zero-order valence-electron chi connectivity index (χ0n) is 29.6. The number of rotatable bonds is 6. The van der Waals surface area contributed by atoms with Crippen LogP contribution in [0.5, 0.6) is 0 Å². The van der Waals surface area contributed by atoms with E-state index < -0.39 is 0 Å². The lowest BCUT2D eigenvalue weighted by Crippen LogP contribution is -2.10. The number of benzene rings is 8. The second-order valence-electron chi connectivity index (χ2n) is 13.8. The minimum atomic E-state index is 0.589. The van der Waals surface area contributed by atoms with Crippen LogP contribution in [0.15, 0.2) is 197 Å². The Morgan fingerprint density at radius 3 is 1.84 bits per heavy atom. The summed E-state index contributed by atoms with van der Waals surface area (Å²) in [6.45, 7) is 0. The highest BCUT2D eigenvalue weighted by Gasteiger charge is 2.24. The van der Waals surface area contributed by atoms with Gasteiger partial charge in [0, 0.05) is 44.7 Å². The fourth-order valence-electron chi connectivity index (χ4n) is 7.84. The molecule has 5 heteroatoms. The monoisotopic (exact) mass is 705 g/mol. The molecule has 0 aliphatic rings. The first-order valence-corrected chi connectivity index (χ1v) is 18.4. The van der Waals surface area contributed by atoms with Gasteiger partial charge in [0.2, 0.25) is 0 Å². The van der Waals surface area contributed by atoms with Crippen LogP contribution in [0.2, 0.25) is 0 Å². The van der Waals surface area contributed by atoms with Gasteiger partial charge in [-0.3, -0.25) is 0 Å². The number of para-hydroxylation sites is 3. The van der Waals surface area contributed by atoms with Crippen molar-refractivity contribution in [2.24, 2.45) is 0 Å². The van der Waals surface area contributed by atoms with Crippen LogP contribution in [0, 0.1) is 0 Å². The van der Waals surface area contributed by atoms with Crippen molar-refractivity contribution in [1.29, 1.82) is 0 Å². The molecule has 11 aromatic rings. The number of anilines is 3. The first kappa shape index (κ1) is 31.1. The van der Waals surface area contributed by atoms with Gasteiger partial charge in [0.1, 0.15) is 28.0 Å². The van der Waals surface area contributed by atoms with Crippen molar-refractivity contribution in [3.05, 3.63) is 188 Å². The van der Waals surface area contributed by atoms with Crippen molar-refractivity contribution in [2.75, 3.05) is 4.90 Å². The smallest absolute Gasteiger partial charge is 0.180 e. The van der Waals surface area contributed by atoms with Crippen LogP contribution in [0.3, 0.4) is 0 Å². The van der Waals surface area contributed by atoms with E-state index in [1.807, 2.05) is 48.5 Å². The van der Waals surface area contributed by atoms with E-state index in [9.17, 15) is 0 Å². The standard InChI is InChI=1S/C50H31N3O2/c1-3-13-32(14-4-1)34-23-25-35(26-24-34)47-49-48(41-20-10-12-22-44(41)55-49)52-50(51-47)42-30-39(31-45-46(42)40-19-9-11-21-43(40)54-45)53(37-17-5-2-6-18-37)38-28-27-33-15-7-8-16-36(33)29-38/h1-31H. The molecule has 258 valence electrons. The predicted molar refractivity (Wildman–Crippen MR) is 225 cm³/mol. The quantitative estimate of drug-likeness (QED) is 0.172. The molecule has 0 atom stereocenters. The Balaban J connectivity index is 1.19. The van der Waals surface area contributed by atoms with E-state index in [1.54, 1.807) is 0 Å². The van der Waals surface area contributed by atoms with E-state index in [1.165, 1.54) is 5.39 Å². The van der Waals surface area contributed by atoms with Crippen molar-refractivity contribution in [1.82, 2.24) is 9.97 Å². The molecule has 0 radical (unpaired) electrons. The molecule has 0 aliphatic carbocycles. The first-order chi connectivity index (χ1) is 27.2. The van der Waals surface area contributed by atoms with Gasteiger partial charge in [-0.1, -0.05) is 133 Å². The normalized spacial score (nSPS) is 11.6. The first-order valence-electron chi connectivity index (χ1n) is 18.4. The van der Waals surface area contributed by atoms with Crippen molar-refractivity contribution in [3.63, 3.8) is 0 Å². The van der Waals surface area contributed by atoms with Gasteiger partial charge in [0.05, 0.1) is 5.69 Å². The Labute approximate surface area is 316 Å². The number of hydrogen-bond acceptors (Lipinski definition) is 5. The average Bonchev–Trinajstić information content (AvgIpc) is 3.82. The second kappa shape index (κ2) is 12.6. The lowest BCUT2D eigenvalue weighted by atomic mass is 10.0. The molecule has 0 spiro atoms. The Bertz CT molecular complexity index is 3200. The molecule has 3 aromatic heterocycles. The number of fused-ring (bicyclic) bond motifs is 7. The van der Waals surface area contributed by atoms with Crippen LogP contribution in [0.4, 0.5) is 17.1 Å². The molecule has 0 saturated carbocycles. The molecule has 8 aromatic carbocycles. The second-order valence-corrected chi connectivity index (χ2v) is 13.8. The van der Waals surface area contributed by atoms with Gasteiger partial charge >= 0.3 is 0 Å². The van der Waals surface area contributed by atoms with E-state index in [2.05, 4.69) is 144 Å². The van der Waals surface area contributed by atoms with Crippen LogP contribution in [-0.2, 0) is 0 Å². The SMILES string of the molecule is c1ccc(-c2ccc(-c3nc(-c4cc(N(c5ccccc5)c5ccc6ccccc6c5)cc5oc6ccccc6c45)nc4c3oc3ccccc34)cc2)cc1. The number of furan rings is 2. The van der Waals surface area contributed by atoms with Crippen LogP contribution >= 0.6 is 0 Å². The molecule has 0 bridgehead atoms. The molecule has 55 heavy (non-hydrogen) atoms. The summed E-state index contributed by atoms with van der Waals surface area (Å²) >= 11 is 0. The van der Waals surface area contributed by atoms with Crippen molar-refractivity contribution >= 4 is 71.8 Å². The van der Waals surface area contributed by atoms with Gasteiger partial charge in [0.25, 0.3) is 0 Å². The third-order valence-corrected chi connectivity index (χ3v) is 10.5. The topological polar surface area (TPSA) is 55.3 Å². The lowest BCUT2D eigenvalue weighted by Gasteiger charge is -2.26. The van der Waals surface area contributed by atoms with E-state index >= 15 is 0 Å². The largest absolute Gasteiger partial charge is 0.456 e. The van der Waals surface area contributed by atoms with Crippen LogP contribution in [0.1, 0.15) is 0 Å². The molecule has 3 heterocycles. The van der Waals surface area contributed by atoms with Crippen LogP contribution < -0.4 is 4.90 Å². The fourth-order valence-corrected chi connectivity index (χ4v) is 7.84. The van der Waals surface area contributed by atoms with E-state index in [-0.39, 0.29) is 0 Å². The zero-order valence-corrected chi connectivity index (χ0v) is 29.6.